The van der Waals surface area contributed by atoms with Crippen LogP contribution < -0.4 is 21.7 Å². The van der Waals surface area contributed by atoms with Crippen molar-refractivity contribution in [1.82, 2.24) is 16.0 Å². The number of benzene rings is 1. The Kier molecular flexibility index (Phi) is 10.2. The molecule has 11 heteroatoms. The largest absolute Gasteiger partial charge is 0.481 e. The minimum atomic E-state index is -1.11. The summed E-state index contributed by atoms with van der Waals surface area (Å²) in [5.41, 5.74) is 6.58. The second kappa shape index (κ2) is 12.6. The van der Waals surface area contributed by atoms with E-state index in [-0.39, 0.29) is 31.7 Å². The van der Waals surface area contributed by atoms with Gasteiger partial charge in [-0.25, -0.2) is 4.79 Å². The van der Waals surface area contributed by atoms with Crippen molar-refractivity contribution in [2.75, 3.05) is 13.7 Å². The van der Waals surface area contributed by atoms with Gasteiger partial charge in [0.1, 0.15) is 24.5 Å². The molecule has 1 aromatic rings. The first-order valence-corrected chi connectivity index (χ1v) is 9.39. The molecular weight excluding hydrogens is 406 g/mol. The van der Waals surface area contributed by atoms with Crippen LogP contribution in [0.3, 0.4) is 0 Å². The van der Waals surface area contributed by atoms with Gasteiger partial charge in [0, 0.05) is 25.5 Å². The summed E-state index contributed by atoms with van der Waals surface area (Å²) in [6.07, 6.45) is 0.101. The number of amidine groups is 1. The second-order valence-electron chi connectivity index (χ2n) is 6.51. The topological polar surface area (TPSA) is 184 Å². The van der Waals surface area contributed by atoms with E-state index in [9.17, 15) is 19.2 Å². The van der Waals surface area contributed by atoms with Crippen molar-refractivity contribution in [3.8, 4) is 0 Å². The maximum absolute atomic E-state index is 12.8. The van der Waals surface area contributed by atoms with Crippen LogP contribution in [0, 0.1) is 5.41 Å². The molecular formula is C20H27N5O6. The molecule has 11 nitrogen and oxygen atoms in total. The first-order chi connectivity index (χ1) is 14.7. The summed E-state index contributed by atoms with van der Waals surface area (Å²) in [6, 6.07) is 4.29. The van der Waals surface area contributed by atoms with Gasteiger partial charge < -0.3 is 31.5 Å². The molecule has 0 heterocycles. The van der Waals surface area contributed by atoms with Gasteiger partial charge in [0.05, 0.1) is 0 Å². The molecule has 0 radical (unpaired) electrons. The number of nitrogens with one attached hydrogen (secondary N) is 4. The van der Waals surface area contributed by atoms with Crippen molar-refractivity contribution in [2.45, 2.75) is 31.3 Å². The van der Waals surface area contributed by atoms with Gasteiger partial charge in [-0.2, -0.15) is 0 Å². The highest BCUT2D eigenvalue weighted by Gasteiger charge is 2.27. The van der Waals surface area contributed by atoms with E-state index in [4.69, 9.17) is 21.0 Å². The number of carboxylic acids is 1. The lowest BCUT2D eigenvalue weighted by atomic mass is 10.0. The highest BCUT2D eigenvalue weighted by molar-refractivity contribution is 5.95. The molecule has 1 aromatic carbocycles. The monoisotopic (exact) mass is 433 g/mol. The fourth-order valence-corrected chi connectivity index (χ4v) is 2.57. The van der Waals surface area contributed by atoms with Gasteiger partial charge in [-0.15, -0.1) is 0 Å². The average Bonchev–Trinajstić information content (AvgIpc) is 2.74. The molecule has 2 atom stereocenters. The maximum atomic E-state index is 12.8. The van der Waals surface area contributed by atoms with Crippen LogP contribution in [0.5, 0.6) is 0 Å². The van der Waals surface area contributed by atoms with E-state index >= 15 is 0 Å². The number of carbonyl (C=O) groups excluding carboxylic acids is 3. The molecule has 0 fully saturated rings. The highest BCUT2D eigenvalue weighted by atomic mass is 16.5. The van der Waals surface area contributed by atoms with Crippen molar-refractivity contribution >= 4 is 29.7 Å². The normalized spacial score (nSPS) is 12.0. The zero-order chi connectivity index (χ0) is 23.4. The van der Waals surface area contributed by atoms with E-state index in [1.165, 1.54) is 13.1 Å². The van der Waals surface area contributed by atoms with Crippen molar-refractivity contribution in [3.05, 3.63) is 48.0 Å². The Morgan fingerprint density at radius 1 is 1.16 bits per heavy atom. The molecule has 3 amide bonds. The number of hydrogen-bond acceptors (Lipinski definition) is 6. The van der Waals surface area contributed by atoms with Gasteiger partial charge in [0.25, 0.3) is 0 Å². The van der Waals surface area contributed by atoms with Crippen molar-refractivity contribution in [2.24, 2.45) is 5.73 Å². The van der Waals surface area contributed by atoms with Crippen LogP contribution in [0.2, 0.25) is 0 Å². The first kappa shape index (κ1) is 25.1. The van der Waals surface area contributed by atoms with Crippen LogP contribution in [-0.4, -0.2) is 60.6 Å². The molecule has 168 valence electrons. The molecule has 0 aliphatic carbocycles. The van der Waals surface area contributed by atoms with Crippen molar-refractivity contribution in [3.63, 3.8) is 0 Å². The third-order valence-corrected chi connectivity index (χ3v) is 4.17. The molecule has 1 rings (SSSR count). The van der Waals surface area contributed by atoms with Crippen LogP contribution >= 0.6 is 0 Å². The van der Waals surface area contributed by atoms with Crippen molar-refractivity contribution < 1.29 is 29.0 Å². The number of amides is 3. The summed E-state index contributed by atoms with van der Waals surface area (Å²) >= 11 is 0. The summed E-state index contributed by atoms with van der Waals surface area (Å²) < 4.78 is 4.86. The van der Waals surface area contributed by atoms with E-state index in [1.54, 1.807) is 24.3 Å². The zero-order valence-electron chi connectivity index (χ0n) is 17.1. The zero-order valence-corrected chi connectivity index (χ0v) is 17.1. The van der Waals surface area contributed by atoms with Gasteiger partial charge in [-0.3, -0.25) is 19.8 Å². The number of ether oxygens (including phenoxy) is 1. The lowest BCUT2D eigenvalue weighted by molar-refractivity contribution is -0.138. The number of carboxylic acid groups (broad SMARTS) is 1. The minimum absolute atomic E-state index is 0.0482. The predicted octanol–water partition coefficient (Wildman–Crippen LogP) is -0.110. The molecule has 0 aromatic heterocycles. The Labute approximate surface area is 179 Å². The number of likely N-dealkylation sites (N-methyl/N-ethyl adjacent to an activating group) is 1. The smallest absolute Gasteiger partial charge is 0.408 e. The van der Waals surface area contributed by atoms with Gasteiger partial charge in [-0.1, -0.05) is 36.9 Å². The van der Waals surface area contributed by atoms with Crippen LogP contribution in [-0.2, 0) is 25.5 Å². The lowest BCUT2D eigenvalue weighted by Gasteiger charge is -2.22. The second-order valence-corrected chi connectivity index (χ2v) is 6.51. The Morgan fingerprint density at radius 2 is 1.81 bits per heavy atom. The summed E-state index contributed by atoms with van der Waals surface area (Å²) in [5, 5.41) is 23.6. The van der Waals surface area contributed by atoms with Crippen LogP contribution in [0.25, 0.3) is 0 Å². The number of alkyl carbamates (subject to hydrolysis) is 1. The van der Waals surface area contributed by atoms with E-state index in [0.717, 1.165) is 0 Å². The Morgan fingerprint density at radius 3 is 2.32 bits per heavy atom. The summed E-state index contributed by atoms with van der Waals surface area (Å²) in [5.74, 6) is -2.48. The van der Waals surface area contributed by atoms with Gasteiger partial charge >= 0.3 is 12.1 Å². The number of nitrogen functional groups attached to an aromatic ring is 1. The number of nitrogens with two attached hydrogens (primary N) is 1. The fourth-order valence-electron chi connectivity index (χ4n) is 2.57. The van der Waals surface area contributed by atoms with E-state index in [2.05, 4.69) is 22.5 Å². The molecule has 7 N–H and O–H groups in total. The summed E-state index contributed by atoms with van der Waals surface area (Å²) in [6.45, 7) is 3.37. The Balaban J connectivity index is 3.00. The maximum Gasteiger partial charge on any atom is 0.408 e. The fraction of sp³-hybridized carbons (Fsp3) is 0.350. The lowest BCUT2D eigenvalue weighted by Crippen LogP contribution is -2.54. The number of carbonyl (C=O) groups is 4. The number of rotatable bonds is 12. The van der Waals surface area contributed by atoms with E-state index in [1.807, 2.05) is 0 Å². The molecule has 0 aliphatic heterocycles. The molecule has 0 bridgehead atoms. The van der Waals surface area contributed by atoms with Crippen LogP contribution in [0.15, 0.2) is 36.9 Å². The third-order valence-electron chi connectivity index (χ3n) is 4.17. The standard InChI is InChI=1S/C20H27N5O6/c1-3-10-31-20(30)25-15(11-12-4-6-13(7-5-12)17(21)22)19(29)24-14(18(28)23-2)8-9-16(26)27/h3-7,14-15H,1,8-11H2,2H3,(H3,21,22)(H,23,28)(H,24,29)(H,25,30)(H,26,27)/t14-,15-/m0/s1. The quantitative estimate of drug-likeness (QED) is 0.151. The van der Waals surface area contributed by atoms with Crippen LogP contribution in [0.4, 0.5) is 4.79 Å². The number of hydrogen-bond donors (Lipinski definition) is 6. The Hall–Kier alpha value is -3.89. The van der Waals surface area contributed by atoms with E-state index in [0.29, 0.717) is 11.1 Å². The van der Waals surface area contributed by atoms with E-state index < -0.39 is 36.0 Å². The SMILES string of the molecule is C=CCOC(=O)N[C@@H](Cc1ccc(C(=N)N)cc1)C(=O)N[C@@H](CCC(=O)O)C(=O)NC. The molecule has 31 heavy (non-hydrogen) atoms. The first-order valence-electron chi connectivity index (χ1n) is 9.39. The molecule has 0 aliphatic rings. The predicted molar refractivity (Wildman–Crippen MR) is 112 cm³/mol. The van der Waals surface area contributed by atoms with Crippen LogP contribution in [0.1, 0.15) is 24.0 Å². The highest BCUT2D eigenvalue weighted by Crippen LogP contribution is 2.08. The summed E-state index contributed by atoms with van der Waals surface area (Å²) in [4.78, 5) is 47.7. The molecule has 0 spiro atoms. The van der Waals surface area contributed by atoms with Gasteiger partial charge in [-0.05, 0) is 12.0 Å². The third kappa shape index (κ3) is 8.98. The van der Waals surface area contributed by atoms with Gasteiger partial charge in [0.2, 0.25) is 11.8 Å². The molecule has 0 unspecified atom stereocenters. The molecule has 0 saturated carbocycles. The Bertz CT molecular complexity index is 824. The molecule has 0 saturated heterocycles. The summed E-state index contributed by atoms with van der Waals surface area (Å²) in [7, 11) is 1.36. The average molecular weight is 433 g/mol. The van der Waals surface area contributed by atoms with Gasteiger partial charge in [0.15, 0.2) is 0 Å². The minimum Gasteiger partial charge on any atom is -0.481 e. The number of aliphatic carboxylic acids is 1. The van der Waals surface area contributed by atoms with Crippen molar-refractivity contribution in [1.29, 1.82) is 5.41 Å².